The number of nitrogens with one attached hydrogen (secondary N) is 1. The lowest BCUT2D eigenvalue weighted by molar-refractivity contribution is 0.102. The van der Waals surface area contributed by atoms with Gasteiger partial charge in [-0.2, -0.15) is 0 Å². The zero-order valence-corrected chi connectivity index (χ0v) is 20.0. The van der Waals surface area contributed by atoms with Gasteiger partial charge in [-0.1, -0.05) is 29.3 Å². The van der Waals surface area contributed by atoms with Crippen molar-refractivity contribution < 1.29 is 13.2 Å². The van der Waals surface area contributed by atoms with Crippen molar-refractivity contribution >= 4 is 44.3 Å². The molecule has 0 spiro atoms. The van der Waals surface area contributed by atoms with Crippen molar-refractivity contribution in [2.75, 3.05) is 24.7 Å². The average Bonchev–Trinajstić information content (AvgIpc) is 3.05. The molecule has 0 aliphatic carbocycles. The predicted octanol–water partition coefficient (Wildman–Crippen LogP) is 4.23. The number of rotatable bonds is 5. The van der Waals surface area contributed by atoms with Crippen LogP contribution in [0.1, 0.15) is 34.3 Å². The summed E-state index contributed by atoms with van der Waals surface area (Å²) in [5.74, 6) is 0.0571. The van der Waals surface area contributed by atoms with Gasteiger partial charge in [0.05, 0.1) is 16.8 Å². The van der Waals surface area contributed by atoms with Crippen molar-refractivity contribution in [3.63, 3.8) is 0 Å². The summed E-state index contributed by atoms with van der Waals surface area (Å²) in [5.41, 5.74) is 3.85. The second-order valence-electron chi connectivity index (χ2n) is 8.57. The Morgan fingerprint density at radius 1 is 1.19 bits per heavy atom. The molecule has 1 aliphatic heterocycles. The van der Waals surface area contributed by atoms with Gasteiger partial charge in [0.1, 0.15) is 5.65 Å². The van der Waals surface area contributed by atoms with Gasteiger partial charge < -0.3 is 9.88 Å². The molecule has 1 amide bonds. The molecule has 7 nitrogen and oxygen atoms in total. The molecular weight excluding hydrogens is 448 g/mol. The topological polar surface area (TPSA) is 84.3 Å². The Labute approximate surface area is 193 Å². The number of sulfonamides is 1. The number of nitrogens with zero attached hydrogens (tertiary/aromatic N) is 3. The molecule has 1 N–H and O–H groups in total. The first-order valence-electron chi connectivity index (χ1n) is 10.6. The van der Waals surface area contributed by atoms with E-state index in [9.17, 15) is 13.2 Å². The fraction of sp³-hybridized carbons (Fsp3) is 0.391. The van der Waals surface area contributed by atoms with Crippen molar-refractivity contribution in [2.24, 2.45) is 5.92 Å². The molecule has 4 rings (SSSR count). The van der Waals surface area contributed by atoms with Gasteiger partial charge in [0, 0.05) is 43.1 Å². The first-order valence-corrected chi connectivity index (χ1v) is 12.8. The second kappa shape index (κ2) is 8.84. The molecule has 1 aromatic carbocycles. The molecule has 1 fully saturated rings. The normalized spacial score (nSPS) is 15.9. The van der Waals surface area contributed by atoms with Crippen LogP contribution in [0.5, 0.6) is 0 Å². The molecule has 3 aromatic rings. The number of piperidine rings is 1. The number of pyridine rings is 1. The maximum Gasteiger partial charge on any atom is 0.258 e. The minimum Gasteiger partial charge on any atom is -0.332 e. The second-order valence-corrected chi connectivity index (χ2v) is 10.9. The molecular formula is C23H27ClN4O3S. The smallest absolute Gasteiger partial charge is 0.258 e. The third kappa shape index (κ3) is 4.67. The van der Waals surface area contributed by atoms with Gasteiger partial charge >= 0.3 is 0 Å². The number of aryl methyl sites for hydroxylation is 2. The van der Waals surface area contributed by atoms with Crippen LogP contribution in [-0.4, -0.2) is 47.5 Å². The Bertz CT molecular complexity index is 1260. The van der Waals surface area contributed by atoms with Crippen LogP contribution >= 0.6 is 11.6 Å². The number of hydrogen-bond acceptors (Lipinski definition) is 4. The van der Waals surface area contributed by atoms with E-state index in [0.717, 1.165) is 41.5 Å². The first-order chi connectivity index (χ1) is 15.1. The fourth-order valence-electron chi connectivity index (χ4n) is 4.24. The number of anilines is 1. The lowest BCUT2D eigenvalue weighted by Gasteiger charge is -2.30. The lowest BCUT2D eigenvalue weighted by Crippen LogP contribution is -2.38. The largest absolute Gasteiger partial charge is 0.332 e. The Hall–Kier alpha value is -2.42. The van der Waals surface area contributed by atoms with Crippen LogP contribution in [0.15, 0.2) is 36.7 Å². The monoisotopic (exact) mass is 474 g/mol. The van der Waals surface area contributed by atoms with Crippen molar-refractivity contribution in [1.82, 2.24) is 13.9 Å². The first kappa shape index (κ1) is 22.8. The minimum absolute atomic E-state index is 0.298. The van der Waals surface area contributed by atoms with Gasteiger partial charge in [-0.15, -0.1) is 0 Å². The van der Waals surface area contributed by atoms with Crippen molar-refractivity contribution in [3.05, 3.63) is 58.4 Å². The molecule has 1 saturated heterocycles. The van der Waals surface area contributed by atoms with E-state index in [1.807, 2.05) is 44.3 Å². The maximum atomic E-state index is 12.8. The van der Waals surface area contributed by atoms with E-state index in [2.05, 4.69) is 14.9 Å². The summed E-state index contributed by atoms with van der Waals surface area (Å²) >= 11 is 6.67. The van der Waals surface area contributed by atoms with Crippen LogP contribution in [0.4, 0.5) is 5.69 Å². The fourth-order valence-corrected chi connectivity index (χ4v) is 5.48. The molecule has 0 bridgehead atoms. The number of carbonyl (C=O) groups excluding carboxylic acids is 1. The highest BCUT2D eigenvalue weighted by atomic mass is 35.5. The molecule has 170 valence electrons. The summed E-state index contributed by atoms with van der Waals surface area (Å²) in [4.78, 5) is 17.4. The van der Waals surface area contributed by atoms with Crippen LogP contribution in [0.3, 0.4) is 0 Å². The molecule has 2 aromatic heterocycles. The number of hydrogen-bond donors (Lipinski definition) is 1. The molecule has 3 heterocycles. The van der Waals surface area contributed by atoms with Gasteiger partial charge in [0.2, 0.25) is 10.0 Å². The van der Waals surface area contributed by atoms with Crippen LogP contribution in [0.25, 0.3) is 11.0 Å². The van der Waals surface area contributed by atoms with E-state index in [1.165, 1.54) is 16.8 Å². The van der Waals surface area contributed by atoms with Gasteiger partial charge in [-0.05, 0) is 50.3 Å². The molecule has 0 unspecified atom stereocenters. The SMILES string of the molecule is Cc1ccc(NC(=O)c2cnc3c(c(C)cn3CC3CCN(S(C)(=O)=O)CC3)c2Cl)cc1. The molecule has 0 atom stereocenters. The Morgan fingerprint density at radius 3 is 2.47 bits per heavy atom. The maximum absolute atomic E-state index is 12.8. The summed E-state index contributed by atoms with van der Waals surface area (Å²) in [5, 5.41) is 4.04. The van der Waals surface area contributed by atoms with Gasteiger partial charge in [-0.25, -0.2) is 17.7 Å². The number of amides is 1. The van der Waals surface area contributed by atoms with Gasteiger partial charge in [0.15, 0.2) is 0 Å². The number of benzene rings is 1. The van der Waals surface area contributed by atoms with Crippen molar-refractivity contribution in [3.8, 4) is 0 Å². The summed E-state index contributed by atoms with van der Waals surface area (Å²) in [7, 11) is -3.14. The van der Waals surface area contributed by atoms with E-state index in [0.29, 0.717) is 35.3 Å². The van der Waals surface area contributed by atoms with Gasteiger partial charge in [0.25, 0.3) is 5.91 Å². The average molecular weight is 475 g/mol. The standard InChI is InChI=1S/C23H27ClN4O3S/c1-15-4-6-18(7-5-15)26-23(29)19-12-25-22-20(21(19)24)16(2)13-27(22)14-17-8-10-28(11-9-17)32(3,30)31/h4-7,12-13,17H,8-11,14H2,1-3H3,(H,26,29). The van der Waals surface area contributed by atoms with Crippen molar-refractivity contribution in [2.45, 2.75) is 33.2 Å². The highest BCUT2D eigenvalue weighted by molar-refractivity contribution is 7.88. The molecule has 1 aliphatic rings. The number of halogens is 1. The van der Waals surface area contributed by atoms with Gasteiger partial charge in [-0.3, -0.25) is 4.79 Å². The zero-order chi connectivity index (χ0) is 23.0. The summed E-state index contributed by atoms with van der Waals surface area (Å²) in [6, 6.07) is 7.57. The lowest BCUT2D eigenvalue weighted by atomic mass is 9.98. The van der Waals surface area contributed by atoms with Crippen LogP contribution in [0.2, 0.25) is 5.02 Å². The quantitative estimate of drug-likeness (QED) is 0.599. The number of fused-ring (bicyclic) bond motifs is 1. The van der Waals surface area contributed by atoms with E-state index in [4.69, 9.17) is 11.6 Å². The minimum atomic E-state index is -3.14. The summed E-state index contributed by atoms with van der Waals surface area (Å²) < 4.78 is 27.1. The van der Waals surface area contributed by atoms with Crippen LogP contribution in [-0.2, 0) is 16.6 Å². The molecule has 9 heteroatoms. The predicted molar refractivity (Wildman–Crippen MR) is 128 cm³/mol. The van der Waals surface area contributed by atoms with Crippen LogP contribution < -0.4 is 5.32 Å². The Morgan fingerprint density at radius 2 is 1.84 bits per heavy atom. The third-order valence-electron chi connectivity index (χ3n) is 6.06. The summed E-state index contributed by atoms with van der Waals surface area (Å²) in [6.45, 7) is 5.77. The highest BCUT2D eigenvalue weighted by Crippen LogP contribution is 2.32. The third-order valence-corrected chi connectivity index (χ3v) is 7.76. The summed E-state index contributed by atoms with van der Waals surface area (Å²) in [6.07, 6.45) is 6.40. The molecule has 32 heavy (non-hydrogen) atoms. The molecule has 0 radical (unpaired) electrons. The van der Waals surface area contributed by atoms with Crippen molar-refractivity contribution in [1.29, 1.82) is 0 Å². The Balaban J connectivity index is 1.54. The Kier molecular flexibility index (Phi) is 6.29. The van der Waals surface area contributed by atoms with E-state index in [1.54, 1.807) is 0 Å². The zero-order valence-electron chi connectivity index (χ0n) is 18.4. The number of aromatic nitrogens is 2. The number of carbonyl (C=O) groups is 1. The van der Waals surface area contributed by atoms with E-state index >= 15 is 0 Å². The highest BCUT2D eigenvalue weighted by Gasteiger charge is 2.26. The molecule has 0 saturated carbocycles. The van der Waals surface area contributed by atoms with Crippen LogP contribution in [0, 0.1) is 19.8 Å². The van der Waals surface area contributed by atoms with E-state index in [-0.39, 0.29) is 5.91 Å². The van der Waals surface area contributed by atoms with E-state index < -0.39 is 10.0 Å².